The summed E-state index contributed by atoms with van der Waals surface area (Å²) in [6.45, 7) is 5.59. The third-order valence-corrected chi connectivity index (χ3v) is 7.25. The third kappa shape index (κ3) is 5.89. The molecule has 0 aromatic heterocycles. The van der Waals surface area contributed by atoms with Crippen molar-refractivity contribution < 1.29 is 4.74 Å². The normalized spacial score (nSPS) is 35.9. The van der Waals surface area contributed by atoms with Gasteiger partial charge in [0.15, 0.2) is 0 Å². The molecule has 1 heteroatoms. The molecule has 3 rings (SSSR count). The summed E-state index contributed by atoms with van der Waals surface area (Å²) < 4.78 is 6.15. The quantitative estimate of drug-likeness (QED) is 0.424. The monoisotopic (exact) mass is 358 g/mol. The van der Waals surface area contributed by atoms with Crippen LogP contribution in [0.1, 0.15) is 97.3 Å². The second-order valence-electron chi connectivity index (χ2n) is 9.37. The maximum atomic E-state index is 6.15. The fraction of sp³-hybridized carbons (Fsp3) is 0.840. The molecule has 0 saturated heterocycles. The molecule has 148 valence electrons. The predicted octanol–water partition coefficient (Wildman–Crippen LogP) is 7.68. The zero-order chi connectivity index (χ0) is 18.2. The molecule has 26 heavy (non-hydrogen) atoms. The molecule has 0 N–H and O–H groups in total. The largest absolute Gasteiger partial charge is 0.498 e. The van der Waals surface area contributed by atoms with Crippen LogP contribution in [0.5, 0.6) is 0 Å². The van der Waals surface area contributed by atoms with Crippen molar-refractivity contribution in [2.75, 3.05) is 6.61 Å². The van der Waals surface area contributed by atoms with Gasteiger partial charge in [-0.3, -0.25) is 0 Å². The molecule has 1 aliphatic heterocycles. The number of hydrogen-bond acceptors (Lipinski definition) is 1. The first-order valence-corrected chi connectivity index (χ1v) is 11.8. The Morgan fingerprint density at radius 2 is 1.38 bits per heavy atom. The summed E-state index contributed by atoms with van der Waals surface area (Å²) in [5, 5.41) is 0. The Morgan fingerprint density at radius 1 is 0.808 bits per heavy atom. The number of hydrogen-bond donors (Lipinski definition) is 0. The SMILES string of the molecule is CCCC1CCC(C=CC2CCC(C3=CCC(CCC)CO3)CC2)CC1. The fourth-order valence-electron chi connectivity index (χ4n) is 5.51. The molecular weight excluding hydrogens is 316 g/mol. The van der Waals surface area contributed by atoms with Crippen LogP contribution in [0.3, 0.4) is 0 Å². The second kappa shape index (κ2) is 10.6. The molecule has 1 heterocycles. The van der Waals surface area contributed by atoms with Gasteiger partial charge in [-0.15, -0.1) is 0 Å². The lowest BCUT2D eigenvalue weighted by molar-refractivity contribution is 0.103. The van der Waals surface area contributed by atoms with E-state index >= 15 is 0 Å². The summed E-state index contributed by atoms with van der Waals surface area (Å²) in [7, 11) is 0. The molecule has 3 aliphatic rings. The Labute approximate surface area is 162 Å². The Morgan fingerprint density at radius 3 is 1.92 bits per heavy atom. The van der Waals surface area contributed by atoms with Gasteiger partial charge in [0.25, 0.3) is 0 Å². The Hall–Kier alpha value is -0.720. The van der Waals surface area contributed by atoms with Gasteiger partial charge in [0, 0.05) is 5.92 Å². The zero-order valence-corrected chi connectivity index (χ0v) is 17.4. The summed E-state index contributed by atoms with van der Waals surface area (Å²) in [4.78, 5) is 0. The van der Waals surface area contributed by atoms with Crippen molar-refractivity contribution >= 4 is 0 Å². The van der Waals surface area contributed by atoms with Crippen LogP contribution in [0.25, 0.3) is 0 Å². The van der Waals surface area contributed by atoms with Gasteiger partial charge in [-0.2, -0.15) is 0 Å². The van der Waals surface area contributed by atoms with Crippen molar-refractivity contribution in [2.24, 2.45) is 29.6 Å². The highest BCUT2D eigenvalue weighted by Crippen LogP contribution is 2.38. The average molecular weight is 359 g/mol. The highest BCUT2D eigenvalue weighted by Gasteiger charge is 2.26. The van der Waals surface area contributed by atoms with Crippen LogP contribution in [-0.4, -0.2) is 6.61 Å². The van der Waals surface area contributed by atoms with Gasteiger partial charge in [0.1, 0.15) is 0 Å². The minimum Gasteiger partial charge on any atom is -0.498 e. The van der Waals surface area contributed by atoms with E-state index in [0.29, 0.717) is 5.92 Å². The van der Waals surface area contributed by atoms with Crippen LogP contribution >= 0.6 is 0 Å². The zero-order valence-electron chi connectivity index (χ0n) is 17.4. The molecule has 1 nitrogen and oxygen atoms in total. The van der Waals surface area contributed by atoms with E-state index in [4.69, 9.17) is 4.74 Å². The standard InChI is InChI=1S/C25H42O/c1-3-5-20-7-9-21(10-8-20)11-12-22-13-16-24(17-14-22)25-18-15-23(6-4-2)19-26-25/h11-12,18,20-24H,3-10,13-17,19H2,1-2H3. The van der Waals surface area contributed by atoms with Gasteiger partial charge in [-0.1, -0.05) is 45.3 Å². The number of rotatable bonds is 7. The van der Waals surface area contributed by atoms with E-state index in [1.807, 2.05) is 0 Å². The molecule has 0 radical (unpaired) electrons. The van der Waals surface area contributed by atoms with E-state index in [0.717, 1.165) is 30.3 Å². The van der Waals surface area contributed by atoms with Gasteiger partial charge < -0.3 is 4.74 Å². The molecule has 0 bridgehead atoms. The minimum atomic E-state index is 0.715. The minimum absolute atomic E-state index is 0.715. The van der Waals surface area contributed by atoms with Crippen LogP contribution in [-0.2, 0) is 4.74 Å². The first kappa shape index (κ1) is 20.0. The Bertz CT molecular complexity index is 447. The molecule has 0 amide bonds. The van der Waals surface area contributed by atoms with Gasteiger partial charge in [-0.25, -0.2) is 0 Å². The van der Waals surface area contributed by atoms with Crippen LogP contribution in [0.2, 0.25) is 0 Å². The highest BCUT2D eigenvalue weighted by molar-refractivity contribution is 5.05. The molecule has 2 saturated carbocycles. The summed E-state index contributed by atoms with van der Waals surface area (Å²) in [6, 6.07) is 0. The topological polar surface area (TPSA) is 9.23 Å². The van der Waals surface area contributed by atoms with Gasteiger partial charge >= 0.3 is 0 Å². The van der Waals surface area contributed by atoms with Gasteiger partial charge in [0.2, 0.25) is 0 Å². The molecule has 1 unspecified atom stereocenters. The van der Waals surface area contributed by atoms with E-state index in [2.05, 4.69) is 32.1 Å². The number of allylic oxidation sites excluding steroid dienone is 4. The molecular formula is C25H42O. The Kier molecular flexibility index (Phi) is 8.14. The lowest BCUT2D eigenvalue weighted by Gasteiger charge is -2.32. The number of ether oxygens (including phenoxy) is 1. The van der Waals surface area contributed by atoms with Crippen LogP contribution in [0.15, 0.2) is 24.0 Å². The van der Waals surface area contributed by atoms with Crippen molar-refractivity contribution in [1.82, 2.24) is 0 Å². The fourth-order valence-corrected chi connectivity index (χ4v) is 5.51. The van der Waals surface area contributed by atoms with Crippen molar-refractivity contribution in [1.29, 1.82) is 0 Å². The predicted molar refractivity (Wildman–Crippen MR) is 112 cm³/mol. The van der Waals surface area contributed by atoms with E-state index in [1.54, 1.807) is 0 Å². The van der Waals surface area contributed by atoms with E-state index in [-0.39, 0.29) is 0 Å². The molecule has 0 spiro atoms. The van der Waals surface area contributed by atoms with Gasteiger partial charge in [0.05, 0.1) is 12.4 Å². The van der Waals surface area contributed by atoms with Crippen molar-refractivity contribution in [3.05, 3.63) is 24.0 Å². The summed E-state index contributed by atoms with van der Waals surface area (Å²) in [5.74, 6) is 5.56. The smallest absolute Gasteiger partial charge is 0.0951 e. The second-order valence-corrected chi connectivity index (χ2v) is 9.37. The first-order valence-electron chi connectivity index (χ1n) is 11.8. The lowest BCUT2D eigenvalue weighted by atomic mass is 9.77. The van der Waals surface area contributed by atoms with Crippen LogP contribution in [0, 0.1) is 29.6 Å². The average Bonchev–Trinajstić information content (AvgIpc) is 2.69. The summed E-state index contributed by atoms with van der Waals surface area (Å²) in [6.07, 6.45) is 25.5. The first-order chi connectivity index (χ1) is 12.8. The molecule has 0 aromatic carbocycles. The van der Waals surface area contributed by atoms with Crippen molar-refractivity contribution in [2.45, 2.75) is 97.3 Å². The van der Waals surface area contributed by atoms with E-state index in [9.17, 15) is 0 Å². The molecule has 0 aromatic rings. The van der Waals surface area contributed by atoms with Gasteiger partial charge in [-0.05, 0) is 94.0 Å². The highest BCUT2D eigenvalue weighted by atomic mass is 16.5. The molecule has 1 atom stereocenters. The van der Waals surface area contributed by atoms with Crippen molar-refractivity contribution in [3.63, 3.8) is 0 Å². The summed E-state index contributed by atoms with van der Waals surface area (Å²) >= 11 is 0. The van der Waals surface area contributed by atoms with E-state index < -0.39 is 0 Å². The van der Waals surface area contributed by atoms with Crippen LogP contribution < -0.4 is 0 Å². The maximum absolute atomic E-state index is 6.15. The molecule has 2 aliphatic carbocycles. The lowest BCUT2D eigenvalue weighted by Crippen LogP contribution is -2.22. The summed E-state index contributed by atoms with van der Waals surface area (Å²) in [5.41, 5.74) is 0. The maximum Gasteiger partial charge on any atom is 0.0951 e. The third-order valence-electron chi connectivity index (χ3n) is 7.25. The molecule has 2 fully saturated rings. The van der Waals surface area contributed by atoms with E-state index in [1.165, 1.54) is 89.2 Å². The van der Waals surface area contributed by atoms with Crippen LogP contribution in [0.4, 0.5) is 0 Å². The Balaban J connectivity index is 1.36. The van der Waals surface area contributed by atoms with Crippen molar-refractivity contribution in [3.8, 4) is 0 Å².